The smallest absolute Gasteiger partial charge is 0.357 e. The topological polar surface area (TPSA) is 135 Å². The van der Waals surface area contributed by atoms with E-state index in [0.717, 1.165) is 36.1 Å². The van der Waals surface area contributed by atoms with Crippen LogP contribution in [0.5, 0.6) is 0 Å². The highest BCUT2D eigenvalue weighted by Crippen LogP contribution is 2.27. The van der Waals surface area contributed by atoms with Gasteiger partial charge in [-0.05, 0) is 18.2 Å². The number of rotatable bonds is 3. The Hall–Kier alpha value is -2.90. The third kappa shape index (κ3) is 2.87. The first-order valence-electron chi connectivity index (χ1n) is 5.97. The number of hydrogen-bond donors (Lipinski definition) is 2. The zero-order valence-electron chi connectivity index (χ0n) is 11.6. The molecule has 0 bridgehead atoms. The summed E-state index contributed by atoms with van der Waals surface area (Å²) in [6.07, 6.45) is 1.06. The molecule has 1 heterocycles. The number of hydrogen-bond acceptors (Lipinski definition) is 6. The average molecular weight is 339 g/mol. The van der Waals surface area contributed by atoms with Crippen LogP contribution in [0.2, 0.25) is 0 Å². The molecule has 0 saturated heterocycles. The molecule has 1 aromatic carbocycles. The molecule has 0 aliphatic carbocycles. The van der Waals surface area contributed by atoms with Crippen molar-refractivity contribution in [3.63, 3.8) is 0 Å². The SMILES string of the molecule is COC(=O)c1c(N)c(C#N)cn1-c1cc(S(=O)(=O)O)ccc1F. The second kappa shape index (κ2) is 5.71. The molecule has 0 amide bonds. The third-order valence-electron chi connectivity index (χ3n) is 3.02. The van der Waals surface area contributed by atoms with Crippen molar-refractivity contribution < 1.29 is 26.9 Å². The van der Waals surface area contributed by atoms with E-state index in [1.165, 1.54) is 0 Å². The lowest BCUT2D eigenvalue weighted by Crippen LogP contribution is -2.12. The van der Waals surface area contributed by atoms with Crippen LogP contribution in [0.15, 0.2) is 29.3 Å². The van der Waals surface area contributed by atoms with Crippen LogP contribution < -0.4 is 5.73 Å². The quantitative estimate of drug-likeness (QED) is 0.631. The molecule has 0 saturated carbocycles. The zero-order chi connectivity index (χ0) is 17.4. The van der Waals surface area contributed by atoms with Gasteiger partial charge in [-0.3, -0.25) is 4.55 Å². The van der Waals surface area contributed by atoms with Gasteiger partial charge in [0.1, 0.15) is 11.9 Å². The van der Waals surface area contributed by atoms with Crippen LogP contribution >= 0.6 is 0 Å². The second-order valence-corrected chi connectivity index (χ2v) is 5.79. The van der Waals surface area contributed by atoms with Crippen LogP contribution in [0.4, 0.5) is 10.1 Å². The van der Waals surface area contributed by atoms with E-state index in [9.17, 15) is 17.6 Å². The first-order chi connectivity index (χ1) is 10.7. The largest absolute Gasteiger partial charge is 0.464 e. The van der Waals surface area contributed by atoms with E-state index >= 15 is 0 Å². The third-order valence-corrected chi connectivity index (χ3v) is 3.87. The Labute approximate surface area is 130 Å². The molecule has 0 atom stereocenters. The molecule has 0 aliphatic rings. The van der Waals surface area contributed by atoms with Gasteiger partial charge in [0.15, 0.2) is 5.69 Å². The lowest BCUT2D eigenvalue weighted by Gasteiger charge is -2.10. The fourth-order valence-electron chi connectivity index (χ4n) is 1.94. The van der Waals surface area contributed by atoms with Crippen LogP contribution in [-0.4, -0.2) is 30.6 Å². The maximum atomic E-state index is 14.1. The first-order valence-corrected chi connectivity index (χ1v) is 7.41. The van der Waals surface area contributed by atoms with Gasteiger partial charge in [-0.15, -0.1) is 0 Å². The minimum absolute atomic E-state index is 0.123. The maximum Gasteiger partial charge on any atom is 0.357 e. The highest BCUT2D eigenvalue weighted by molar-refractivity contribution is 7.85. The van der Waals surface area contributed by atoms with Crippen LogP contribution in [0.25, 0.3) is 5.69 Å². The van der Waals surface area contributed by atoms with E-state index in [0.29, 0.717) is 0 Å². The van der Waals surface area contributed by atoms with Gasteiger partial charge < -0.3 is 15.0 Å². The molecule has 0 fully saturated rings. The monoisotopic (exact) mass is 339 g/mol. The van der Waals surface area contributed by atoms with E-state index in [2.05, 4.69) is 4.74 Å². The lowest BCUT2D eigenvalue weighted by atomic mass is 10.2. The van der Waals surface area contributed by atoms with E-state index in [-0.39, 0.29) is 16.9 Å². The summed E-state index contributed by atoms with van der Waals surface area (Å²) < 4.78 is 50.9. The molecule has 2 aromatic rings. The number of carbonyl (C=O) groups is 1. The molecule has 23 heavy (non-hydrogen) atoms. The lowest BCUT2D eigenvalue weighted by molar-refractivity contribution is 0.0593. The molecule has 120 valence electrons. The summed E-state index contributed by atoms with van der Waals surface area (Å²) in [5.74, 6) is -1.84. The Kier molecular flexibility index (Phi) is 4.09. The van der Waals surface area contributed by atoms with Crippen molar-refractivity contribution in [3.8, 4) is 11.8 Å². The predicted octanol–water partition coefficient (Wildman–Crippen LogP) is 1.10. The number of methoxy groups -OCH3 is 1. The summed E-state index contributed by atoms with van der Waals surface area (Å²) in [5.41, 5.74) is 4.57. The van der Waals surface area contributed by atoms with Crippen LogP contribution in [-0.2, 0) is 14.9 Å². The number of nitrogens with two attached hydrogens (primary N) is 1. The van der Waals surface area contributed by atoms with Crippen molar-refractivity contribution in [1.82, 2.24) is 4.57 Å². The summed E-state index contributed by atoms with van der Waals surface area (Å²) >= 11 is 0. The molecule has 10 heteroatoms. The summed E-state index contributed by atoms with van der Waals surface area (Å²) in [6, 6.07) is 4.17. The molecular formula is C13H10FN3O5S. The number of aromatic nitrogens is 1. The van der Waals surface area contributed by atoms with E-state index in [1.54, 1.807) is 6.07 Å². The number of nitrogens with zero attached hydrogens (tertiary/aromatic N) is 2. The molecular weight excluding hydrogens is 329 g/mol. The number of halogens is 1. The fraction of sp³-hybridized carbons (Fsp3) is 0.0769. The molecule has 8 nitrogen and oxygen atoms in total. The molecule has 0 radical (unpaired) electrons. The summed E-state index contributed by atoms with van der Waals surface area (Å²) in [7, 11) is -3.52. The van der Waals surface area contributed by atoms with E-state index in [1.807, 2.05) is 0 Å². The van der Waals surface area contributed by atoms with Crippen LogP contribution in [0.1, 0.15) is 16.1 Å². The molecule has 1 aromatic heterocycles. The van der Waals surface area contributed by atoms with Gasteiger partial charge in [0.05, 0.1) is 28.9 Å². The van der Waals surface area contributed by atoms with Gasteiger partial charge in [-0.1, -0.05) is 0 Å². The second-order valence-electron chi connectivity index (χ2n) is 4.37. The van der Waals surface area contributed by atoms with Gasteiger partial charge >= 0.3 is 5.97 Å². The summed E-state index contributed by atoms with van der Waals surface area (Å²) in [4.78, 5) is 11.2. The van der Waals surface area contributed by atoms with E-state index in [4.69, 9.17) is 15.5 Å². The van der Waals surface area contributed by atoms with Gasteiger partial charge in [0, 0.05) is 6.20 Å². The number of benzene rings is 1. The molecule has 2 rings (SSSR count). The molecule has 0 spiro atoms. The van der Waals surface area contributed by atoms with Crippen molar-refractivity contribution in [2.45, 2.75) is 4.90 Å². The Morgan fingerprint density at radius 3 is 2.65 bits per heavy atom. The minimum Gasteiger partial charge on any atom is -0.464 e. The number of carbonyl (C=O) groups excluding carboxylic acids is 1. The van der Waals surface area contributed by atoms with Crippen molar-refractivity contribution in [2.75, 3.05) is 12.8 Å². The Balaban J connectivity index is 2.82. The number of ether oxygens (including phenoxy) is 1. The fourth-order valence-corrected chi connectivity index (χ4v) is 2.44. The predicted molar refractivity (Wildman–Crippen MR) is 76.0 cm³/mol. The van der Waals surface area contributed by atoms with Gasteiger partial charge in [0.2, 0.25) is 0 Å². The maximum absolute atomic E-state index is 14.1. The Bertz CT molecular complexity index is 943. The highest BCUT2D eigenvalue weighted by Gasteiger charge is 2.24. The van der Waals surface area contributed by atoms with Gasteiger partial charge in [0.25, 0.3) is 10.1 Å². The number of nitriles is 1. The normalized spacial score (nSPS) is 11.0. The van der Waals surface area contributed by atoms with Gasteiger partial charge in [-0.2, -0.15) is 13.7 Å². The number of anilines is 1. The average Bonchev–Trinajstić information content (AvgIpc) is 2.82. The van der Waals surface area contributed by atoms with Gasteiger partial charge in [-0.25, -0.2) is 9.18 Å². The number of esters is 1. The number of nitrogen functional groups attached to an aromatic ring is 1. The van der Waals surface area contributed by atoms with Crippen molar-refractivity contribution in [2.24, 2.45) is 0 Å². The highest BCUT2D eigenvalue weighted by atomic mass is 32.2. The Morgan fingerprint density at radius 1 is 1.48 bits per heavy atom. The van der Waals surface area contributed by atoms with Crippen molar-refractivity contribution in [1.29, 1.82) is 5.26 Å². The zero-order valence-corrected chi connectivity index (χ0v) is 12.5. The van der Waals surface area contributed by atoms with Crippen molar-refractivity contribution in [3.05, 3.63) is 41.5 Å². The standard InChI is InChI=1S/C13H10FN3O5S/c1-22-13(18)12-11(16)7(5-15)6-17(12)10-4-8(23(19,20)21)2-3-9(10)14/h2-4,6H,16H2,1H3,(H,19,20,21). The molecule has 3 N–H and O–H groups in total. The molecule has 0 unspecified atom stereocenters. The Morgan fingerprint density at radius 2 is 2.13 bits per heavy atom. The van der Waals surface area contributed by atoms with Crippen LogP contribution in [0, 0.1) is 17.1 Å². The molecule has 0 aliphatic heterocycles. The van der Waals surface area contributed by atoms with Crippen molar-refractivity contribution >= 4 is 21.8 Å². The van der Waals surface area contributed by atoms with E-state index < -0.39 is 32.5 Å². The van der Waals surface area contributed by atoms with Crippen LogP contribution in [0.3, 0.4) is 0 Å². The summed E-state index contributed by atoms with van der Waals surface area (Å²) in [6.45, 7) is 0. The first kappa shape index (κ1) is 16.5. The summed E-state index contributed by atoms with van der Waals surface area (Å²) in [5, 5.41) is 8.99. The minimum atomic E-state index is -4.59.